The Morgan fingerprint density at radius 2 is 2.47 bits per heavy atom. The number of piperidine rings is 1. The van der Waals surface area contributed by atoms with E-state index < -0.39 is 5.97 Å². The maximum Gasteiger partial charge on any atom is 0.360 e. The van der Waals surface area contributed by atoms with Crippen molar-refractivity contribution in [2.75, 3.05) is 25.5 Å². The molecule has 2 heterocycles. The van der Waals surface area contributed by atoms with Gasteiger partial charge < -0.3 is 19.4 Å². The number of aromatic nitrogens is 1. The van der Waals surface area contributed by atoms with Gasteiger partial charge in [0.1, 0.15) is 6.26 Å². The number of rotatable bonds is 4. The van der Waals surface area contributed by atoms with E-state index in [1.807, 2.05) is 0 Å². The minimum Gasteiger partial charge on any atom is -0.461 e. The van der Waals surface area contributed by atoms with E-state index in [9.17, 15) is 9.59 Å². The van der Waals surface area contributed by atoms with E-state index in [4.69, 9.17) is 9.15 Å². The smallest absolute Gasteiger partial charge is 0.360 e. The summed E-state index contributed by atoms with van der Waals surface area (Å²) in [7, 11) is 1.76. The fourth-order valence-corrected chi connectivity index (χ4v) is 1.94. The van der Waals surface area contributed by atoms with Gasteiger partial charge in [-0.1, -0.05) is 0 Å². The van der Waals surface area contributed by atoms with Crippen molar-refractivity contribution >= 4 is 17.9 Å². The van der Waals surface area contributed by atoms with Crippen LogP contribution < -0.4 is 5.32 Å². The van der Waals surface area contributed by atoms with Gasteiger partial charge in [0.2, 0.25) is 5.91 Å². The highest BCUT2D eigenvalue weighted by atomic mass is 16.5. The second-order valence-electron chi connectivity index (χ2n) is 4.41. The second-order valence-corrected chi connectivity index (χ2v) is 4.41. The number of hydrogen-bond acceptors (Lipinski definition) is 6. The number of likely N-dealkylation sites (N-methyl/N-ethyl adjacent to an activating group) is 1. The van der Waals surface area contributed by atoms with Gasteiger partial charge in [-0.2, -0.15) is 4.98 Å². The number of amides is 1. The van der Waals surface area contributed by atoms with Crippen LogP contribution in [0.5, 0.6) is 0 Å². The van der Waals surface area contributed by atoms with Gasteiger partial charge in [-0.3, -0.25) is 4.79 Å². The molecule has 1 fully saturated rings. The Morgan fingerprint density at radius 1 is 1.68 bits per heavy atom. The second kappa shape index (κ2) is 5.73. The molecular weight excluding hydrogens is 250 g/mol. The van der Waals surface area contributed by atoms with Crippen LogP contribution in [0.25, 0.3) is 0 Å². The van der Waals surface area contributed by atoms with E-state index in [0.717, 1.165) is 6.42 Å². The van der Waals surface area contributed by atoms with Crippen molar-refractivity contribution in [3.8, 4) is 0 Å². The summed E-state index contributed by atoms with van der Waals surface area (Å²) < 4.78 is 9.99. The zero-order chi connectivity index (χ0) is 13.8. The van der Waals surface area contributed by atoms with Crippen LogP contribution in [0.2, 0.25) is 0 Å². The molecule has 7 heteroatoms. The largest absolute Gasteiger partial charge is 0.461 e. The minimum atomic E-state index is -0.504. The fraction of sp³-hybridized carbons (Fsp3) is 0.583. The first-order chi connectivity index (χ1) is 9.10. The van der Waals surface area contributed by atoms with Crippen LogP contribution in [0.1, 0.15) is 30.3 Å². The summed E-state index contributed by atoms with van der Waals surface area (Å²) >= 11 is 0. The molecule has 0 bridgehead atoms. The molecule has 1 aromatic rings. The van der Waals surface area contributed by atoms with Gasteiger partial charge in [-0.05, 0) is 13.3 Å². The van der Waals surface area contributed by atoms with E-state index in [2.05, 4.69) is 10.3 Å². The summed E-state index contributed by atoms with van der Waals surface area (Å²) in [6, 6.07) is 0.354. The summed E-state index contributed by atoms with van der Waals surface area (Å²) in [5.41, 5.74) is 0.143. The number of ether oxygens (including phenoxy) is 1. The average molecular weight is 267 g/mol. The van der Waals surface area contributed by atoms with Crippen LogP contribution in [0, 0.1) is 0 Å². The summed E-state index contributed by atoms with van der Waals surface area (Å²) in [6.45, 7) is 2.62. The zero-order valence-corrected chi connectivity index (χ0v) is 11.0. The highest BCUT2D eigenvalue weighted by molar-refractivity contribution is 5.87. The van der Waals surface area contributed by atoms with E-state index in [1.165, 1.54) is 6.26 Å². The summed E-state index contributed by atoms with van der Waals surface area (Å²) in [5.74, 6) is -0.368. The first-order valence-corrected chi connectivity index (χ1v) is 6.23. The molecule has 1 N–H and O–H groups in total. The zero-order valence-electron chi connectivity index (χ0n) is 11.0. The Bertz CT molecular complexity index is 471. The van der Waals surface area contributed by atoms with Gasteiger partial charge in [-0.15, -0.1) is 0 Å². The highest BCUT2D eigenvalue weighted by Gasteiger charge is 2.24. The molecule has 19 heavy (non-hydrogen) atoms. The Labute approximate surface area is 110 Å². The SMILES string of the molecule is CCOC(=O)c1coc(NC2CCC(=O)N(C)C2)n1. The van der Waals surface area contributed by atoms with E-state index in [-0.39, 0.29) is 23.7 Å². The van der Waals surface area contributed by atoms with Crippen molar-refractivity contribution in [3.05, 3.63) is 12.0 Å². The molecule has 1 atom stereocenters. The quantitative estimate of drug-likeness (QED) is 0.815. The minimum absolute atomic E-state index is 0.0800. The van der Waals surface area contributed by atoms with Crippen LogP contribution in [0.3, 0.4) is 0 Å². The Morgan fingerprint density at radius 3 is 3.16 bits per heavy atom. The van der Waals surface area contributed by atoms with Crippen LogP contribution in [0.4, 0.5) is 6.01 Å². The van der Waals surface area contributed by atoms with Gasteiger partial charge in [0.15, 0.2) is 5.69 Å². The van der Waals surface area contributed by atoms with Gasteiger partial charge in [0.25, 0.3) is 6.01 Å². The molecule has 1 saturated heterocycles. The molecule has 1 aliphatic heterocycles. The lowest BCUT2D eigenvalue weighted by Gasteiger charge is -2.29. The number of oxazole rings is 1. The van der Waals surface area contributed by atoms with Gasteiger partial charge in [0.05, 0.1) is 6.61 Å². The number of nitrogens with one attached hydrogen (secondary N) is 1. The standard InChI is InChI=1S/C12H17N3O4/c1-3-18-11(17)9-7-19-12(14-9)13-8-4-5-10(16)15(2)6-8/h7-8H,3-6H2,1-2H3,(H,13,14). The number of likely N-dealkylation sites (tertiary alicyclic amines) is 1. The van der Waals surface area contributed by atoms with Crippen molar-refractivity contribution in [1.82, 2.24) is 9.88 Å². The molecule has 1 aliphatic rings. The Balaban J connectivity index is 1.93. The van der Waals surface area contributed by atoms with Crippen molar-refractivity contribution in [2.45, 2.75) is 25.8 Å². The lowest BCUT2D eigenvalue weighted by Crippen LogP contribution is -2.43. The third-order valence-corrected chi connectivity index (χ3v) is 2.94. The highest BCUT2D eigenvalue weighted by Crippen LogP contribution is 2.16. The van der Waals surface area contributed by atoms with Gasteiger partial charge >= 0.3 is 5.97 Å². The molecule has 0 spiro atoms. The Kier molecular flexibility index (Phi) is 4.03. The van der Waals surface area contributed by atoms with Crippen molar-refractivity contribution in [2.24, 2.45) is 0 Å². The molecule has 0 aliphatic carbocycles. The first kappa shape index (κ1) is 13.4. The topological polar surface area (TPSA) is 84.7 Å². The molecule has 0 aromatic carbocycles. The van der Waals surface area contributed by atoms with Crippen molar-refractivity contribution < 1.29 is 18.7 Å². The normalized spacial score (nSPS) is 19.4. The molecular formula is C12H17N3O4. The maximum atomic E-state index is 11.4. The fourth-order valence-electron chi connectivity index (χ4n) is 1.94. The summed E-state index contributed by atoms with van der Waals surface area (Å²) in [5, 5.41) is 3.07. The lowest BCUT2D eigenvalue weighted by atomic mass is 10.1. The monoisotopic (exact) mass is 267 g/mol. The van der Waals surface area contributed by atoms with Crippen LogP contribution in [-0.2, 0) is 9.53 Å². The third-order valence-electron chi connectivity index (χ3n) is 2.94. The predicted octanol–water partition coefficient (Wildman–Crippen LogP) is 0.884. The number of nitrogens with zero attached hydrogens (tertiary/aromatic N) is 2. The van der Waals surface area contributed by atoms with Crippen LogP contribution in [0.15, 0.2) is 10.7 Å². The number of anilines is 1. The van der Waals surface area contributed by atoms with Crippen molar-refractivity contribution in [3.63, 3.8) is 0 Å². The maximum absolute atomic E-state index is 11.4. The number of carbonyl (C=O) groups is 2. The van der Waals surface area contributed by atoms with Crippen molar-refractivity contribution in [1.29, 1.82) is 0 Å². The number of carbonyl (C=O) groups excluding carboxylic acids is 2. The predicted molar refractivity (Wildman–Crippen MR) is 66.7 cm³/mol. The van der Waals surface area contributed by atoms with E-state index in [0.29, 0.717) is 19.6 Å². The molecule has 0 radical (unpaired) electrons. The van der Waals surface area contributed by atoms with Gasteiger partial charge in [-0.25, -0.2) is 4.79 Å². The summed E-state index contributed by atoms with van der Waals surface area (Å²) in [4.78, 5) is 28.4. The molecule has 1 unspecified atom stereocenters. The Hall–Kier alpha value is -2.05. The average Bonchev–Trinajstić information content (AvgIpc) is 2.83. The molecule has 0 saturated carbocycles. The third kappa shape index (κ3) is 3.24. The molecule has 2 rings (SSSR count). The summed E-state index contributed by atoms with van der Waals surface area (Å²) in [6.07, 6.45) is 2.48. The lowest BCUT2D eigenvalue weighted by molar-refractivity contribution is -0.132. The van der Waals surface area contributed by atoms with E-state index >= 15 is 0 Å². The molecule has 1 amide bonds. The van der Waals surface area contributed by atoms with Crippen LogP contribution in [-0.4, -0.2) is 48.0 Å². The van der Waals surface area contributed by atoms with Crippen LogP contribution >= 0.6 is 0 Å². The van der Waals surface area contributed by atoms with E-state index in [1.54, 1.807) is 18.9 Å². The molecule has 7 nitrogen and oxygen atoms in total. The number of esters is 1. The first-order valence-electron chi connectivity index (χ1n) is 6.23. The number of hydrogen-bond donors (Lipinski definition) is 1. The van der Waals surface area contributed by atoms with Gasteiger partial charge in [0, 0.05) is 26.1 Å². The molecule has 104 valence electrons. The molecule has 1 aromatic heterocycles.